The van der Waals surface area contributed by atoms with Gasteiger partial charge in [0.25, 0.3) is 0 Å². The molecule has 7 nitrogen and oxygen atoms in total. The number of benzene rings is 2. The molecule has 1 saturated heterocycles. The van der Waals surface area contributed by atoms with Crippen molar-refractivity contribution in [2.45, 2.75) is 17.5 Å². The first-order valence-electron chi connectivity index (χ1n) is 9.75. The first kappa shape index (κ1) is 21.4. The number of rotatable bonds is 3. The number of sulfonamides is 1. The van der Waals surface area contributed by atoms with Crippen molar-refractivity contribution in [2.24, 2.45) is 0 Å². The number of amides is 2. The fraction of sp³-hybridized carbons (Fsp3) is 0.350. The van der Waals surface area contributed by atoms with Crippen molar-refractivity contribution in [2.75, 3.05) is 43.4 Å². The molecule has 0 radical (unpaired) electrons. The van der Waals surface area contributed by atoms with E-state index in [1.165, 1.54) is 21.3 Å². The van der Waals surface area contributed by atoms with E-state index in [-0.39, 0.29) is 36.8 Å². The van der Waals surface area contributed by atoms with Crippen LogP contribution in [-0.4, -0.2) is 56.4 Å². The minimum atomic E-state index is -4.44. The molecule has 0 aromatic heterocycles. The second-order valence-corrected chi connectivity index (χ2v) is 9.33. The van der Waals surface area contributed by atoms with Crippen LogP contribution in [-0.2, 0) is 22.6 Å². The van der Waals surface area contributed by atoms with Crippen molar-refractivity contribution in [3.05, 3.63) is 53.6 Å². The number of carbonyl (C=O) groups excluding carboxylic acids is 1. The normalized spacial score (nSPS) is 17.2. The highest BCUT2D eigenvalue weighted by Crippen LogP contribution is 2.30. The molecule has 0 spiro atoms. The molecule has 2 aliphatic rings. The number of alkyl halides is 3. The van der Waals surface area contributed by atoms with Gasteiger partial charge in [-0.1, -0.05) is 0 Å². The quantitative estimate of drug-likeness (QED) is 0.746. The minimum absolute atomic E-state index is 0.137. The molecule has 0 aliphatic carbocycles. The van der Waals surface area contributed by atoms with E-state index < -0.39 is 27.8 Å². The molecule has 2 aromatic carbocycles. The third-order valence-corrected chi connectivity index (χ3v) is 7.31. The molecule has 0 atom stereocenters. The maximum absolute atomic E-state index is 13.0. The van der Waals surface area contributed by atoms with E-state index in [9.17, 15) is 26.4 Å². The van der Waals surface area contributed by atoms with E-state index in [1.54, 1.807) is 18.2 Å². The van der Waals surface area contributed by atoms with Crippen molar-refractivity contribution in [1.82, 2.24) is 9.21 Å². The Kier molecular flexibility index (Phi) is 5.56. The van der Waals surface area contributed by atoms with Crippen LogP contribution in [0.3, 0.4) is 0 Å². The number of anilines is 2. The Morgan fingerprint density at radius 3 is 2.32 bits per heavy atom. The van der Waals surface area contributed by atoms with E-state index in [1.807, 2.05) is 0 Å². The van der Waals surface area contributed by atoms with Crippen molar-refractivity contribution in [3.63, 3.8) is 0 Å². The summed E-state index contributed by atoms with van der Waals surface area (Å²) in [6.07, 6.45) is -3.67. The van der Waals surface area contributed by atoms with Gasteiger partial charge in [0, 0.05) is 44.1 Å². The zero-order valence-corrected chi connectivity index (χ0v) is 17.3. The zero-order valence-electron chi connectivity index (χ0n) is 16.4. The number of nitrogens with zero attached hydrogens (tertiary/aromatic N) is 2. The van der Waals surface area contributed by atoms with Gasteiger partial charge >= 0.3 is 12.2 Å². The summed E-state index contributed by atoms with van der Waals surface area (Å²) in [5.41, 5.74) is 1.35. The second kappa shape index (κ2) is 8.04. The van der Waals surface area contributed by atoms with Gasteiger partial charge in [-0.2, -0.15) is 17.5 Å². The third-order valence-electron chi connectivity index (χ3n) is 5.41. The van der Waals surface area contributed by atoms with E-state index in [4.69, 9.17) is 0 Å². The molecule has 31 heavy (non-hydrogen) atoms. The number of piperazine rings is 1. The molecule has 0 unspecified atom stereocenters. The highest BCUT2D eigenvalue weighted by atomic mass is 32.2. The lowest BCUT2D eigenvalue weighted by molar-refractivity contribution is -0.137. The van der Waals surface area contributed by atoms with Crippen LogP contribution in [0.25, 0.3) is 0 Å². The van der Waals surface area contributed by atoms with Crippen LogP contribution in [0.2, 0.25) is 0 Å². The van der Waals surface area contributed by atoms with Crippen molar-refractivity contribution in [1.29, 1.82) is 0 Å². The summed E-state index contributed by atoms with van der Waals surface area (Å²) < 4.78 is 65.2. The maximum Gasteiger partial charge on any atom is 0.416 e. The largest absolute Gasteiger partial charge is 0.416 e. The van der Waals surface area contributed by atoms with Gasteiger partial charge in [-0.05, 0) is 54.4 Å². The predicted molar refractivity (Wildman–Crippen MR) is 109 cm³/mol. The number of halogens is 3. The first-order chi connectivity index (χ1) is 14.6. The summed E-state index contributed by atoms with van der Waals surface area (Å²) >= 11 is 0. The number of fused-ring (bicyclic) bond motifs is 1. The van der Waals surface area contributed by atoms with Gasteiger partial charge in [-0.15, -0.1) is 0 Å². The zero-order chi connectivity index (χ0) is 22.2. The molecular weight excluding hydrogens is 433 g/mol. The minimum Gasteiger partial charge on any atom is -0.384 e. The molecule has 2 aromatic rings. The van der Waals surface area contributed by atoms with Gasteiger partial charge in [-0.3, -0.25) is 0 Å². The molecule has 2 heterocycles. The Bertz CT molecular complexity index is 1080. The van der Waals surface area contributed by atoms with E-state index in [0.29, 0.717) is 0 Å². The van der Waals surface area contributed by atoms with Gasteiger partial charge in [0.1, 0.15) is 0 Å². The molecule has 166 valence electrons. The fourth-order valence-electron chi connectivity index (χ4n) is 3.67. The summed E-state index contributed by atoms with van der Waals surface area (Å²) in [4.78, 5) is 14.1. The summed E-state index contributed by atoms with van der Waals surface area (Å²) in [5, 5.41) is 5.74. The van der Waals surface area contributed by atoms with E-state index in [2.05, 4.69) is 10.6 Å². The molecule has 4 rings (SSSR count). The summed E-state index contributed by atoms with van der Waals surface area (Å²) in [6, 6.07) is 8.71. The van der Waals surface area contributed by atoms with Gasteiger partial charge < -0.3 is 15.5 Å². The Hall–Kier alpha value is -2.79. The standard InChI is InChI=1S/C20H21F3N4O3S/c21-20(22,23)15-1-3-16(4-2-15)25-19(28)26-9-11-27(12-10-26)31(29,30)17-5-6-18-14(13-17)7-8-24-18/h1-6,13,24H,7-12H2,(H,25,28). The van der Waals surface area contributed by atoms with E-state index >= 15 is 0 Å². The lowest BCUT2D eigenvalue weighted by Crippen LogP contribution is -2.51. The van der Waals surface area contributed by atoms with Gasteiger partial charge in [-0.25, -0.2) is 13.2 Å². The molecule has 11 heteroatoms. The van der Waals surface area contributed by atoms with Gasteiger partial charge in [0.05, 0.1) is 10.5 Å². The predicted octanol–water partition coefficient (Wildman–Crippen LogP) is 3.21. The summed E-state index contributed by atoms with van der Waals surface area (Å²) in [5.74, 6) is 0. The molecule has 1 fully saturated rings. The lowest BCUT2D eigenvalue weighted by atomic mass is 10.2. The van der Waals surface area contributed by atoms with Crippen LogP contribution >= 0.6 is 0 Å². The Balaban J connectivity index is 1.36. The van der Waals surface area contributed by atoms with E-state index in [0.717, 1.165) is 36.3 Å². The third kappa shape index (κ3) is 4.47. The van der Waals surface area contributed by atoms with Crippen LogP contribution in [0.15, 0.2) is 47.4 Å². The number of hydrogen-bond donors (Lipinski definition) is 2. The molecule has 0 bridgehead atoms. The van der Waals surface area contributed by atoms with Crippen LogP contribution in [0.1, 0.15) is 11.1 Å². The van der Waals surface area contributed by atoms with Crippen LogP contribution in [0.4, 0.5) is 29.3 Å². The van der Waals surface area contributed by atoms with Gasteiger partial charge in [0.15, 0.2) is 0 Å². The van der Waals surface area contributed by atoms with Crippen LogP contribution in [0, 0.1) is 0 Å². The highest BCUT2D eigenvalue weighted by Gasteiger charge is 2.32. The second-order valence-electron chi connectivity index (χ2n) is 7.39. The average molecular weight is 454 g/mol. The van der Waals surface area contributed by atoms with Crippen LogP contribution < -0.4 is 10.6 Å². The Morgan fingerprint density at radius 2 is 1.68 bits per heavy atom. The topological polar surface area (TPSA) is 81.8 Å². The van der Waals surface area contributed by atoms with Crippen LogP contribution in [0.5, 0.6) is 0 Å². The molecule has 2 N–H and O–H groups in total. The maximum atomic E-state index is 13.0. The Morgan fingerprint density at radius 1 is 1.00 bits per heavy atom. The molecule has 2 amide bonds. The van der Waals surface area contributed by atoms with Crippen molar-refractivity contribution in [3.8, 4) is 0 Å². The summed E-state index contributed by atoms with van der Waals surface area (Å²) in [7, 11) is -3.67. The average Bonchev–Trinajstić information content (AvgIpc) is 3.21. The number of nitrogens with one attached hydrogen (secondary N) is 2. The number of carbonyl (C=O) groups is 1. The first-order valence-corrected chi connectivity index (χ1v) is 11.2. The Labute approximate surface area is 177 Å². The molecular formula is C20H21F3N4O3S. The fourth-order valence-corrected chi connectivity index (χ4v) is 5.14. The molecule has 2 aliphatic heterocycles. The summed E-state index contributed by atoms with van der Waals surface area (Å²) in [6.45, 7) is 1.41. The van der Waals surface area contributed by atoms with Gasteiger partial charge in [0.2, 0.25) is 10.0 Å². The highest BCUT2D eigenvalue weighted by molar-refractivity contribution is 7.89. The number of urea groups is 1. The SMILES string of the molecule is O=C(Nc1ccc(C(F)(F)F)cc1)N1CCN(S(=O)(=O)c2ccc3c(c2)CCN3)CC1. The monoisotopic (exact) mass is 454 g/mol. The smallest absolute Gasteiger partial charge is 0.384 e. The lowest BCUT2D eigenvalue weighted by Gasteiger charge is -2.34. The number of hydrogen-bond acceptors (Lipinski definition) is 4. The van der Waals surface area contributed by atoms with Crippen molar-refractivity contribution >= 4 is 27.4 Å². The van der Waals surface area contributed by atoms with Crippen molar-refractivity contribution < 1.29 is 26.4 Å². The molecule has 0 saturated carbocycles.